The fourth-order valence-corrected chi connectivity index (χ4v) is 6.27. The van der Waals surface area contributed by atoms with Crippen LogP contribution in [0.15, 0.2) is 72.8 Å². The summed E-state index contributed by atoms with van der Waals surface area (Å²) in [6, 6.07) is 23.4. The lowest BCUT2D eigenvalue weighted by molar-refractivity contribution is -0.142. The summed E-state index contributed by atoms with van der Waals surface area (Å²) < 4.78 is 0. The summed E-state index contributed by atoms with van der Waals surface area (Å²) in [5.41, 5.74) is 6.67. The first-order valence-corrected chi connectivity index (χ1v) is 14.7. The molecule has 2 aliphatic heterocycles. The zero-order valence-corrected chi connectivity index (χ0v) is 24.2. The average Bonchev–Trinajstić information content (AvgIpc) is 3.26. The van der Waals surface area contributed by atoms with Crippen LogP contribution in [0.2, 0.25) is 0 Å². The van der Waals surface area contributed by atoms with Crippen molar-refractivity contribution in [3.05, 3.63) is 78.4 Å². The molecule has 226 valence electrons. The predicted molar refractivity (Wildman–Crippen MR) is 165 cm³/mol. The van der Waals surface area contributed by atoms with Crippen LogP contribution in [0.25, 0.3) is 10.8 Å². The number of anilines is 1. The van der Waals surface area contributed by atoms with Gasteiger partial charge >= 0.3 is 5.97 Å². The second kappa shape index (κ2) is 13.1. The molecule has 2 fully saturated rings. The Bertz CT molecular complexity index is 1470. The molecular weight excluding hydrogens is 546 g/mol. The third kappa shape index (κ3) is 6.72. The number of carboxylic acids is 1. The number of piperidine rings is 1. The second-order valence-electron chi connectivity index (χ2n) is 11.3. The van der Waals surface area contributed by atoms with Crippen molar-refractivity contribution >= 4 is 40.2 Å². The molecule has 2 saturated heterocycles. The van der Waals surface area contributed by atoms with Gasteiger partial charge < -0.3 is 31.3 Å². The van der Waals surface area contributed by atoms with Crippen LogP contribution >= 0.6 is 0 Å². The minimum absolute atomic E-state index is 0.103. The Balaban J connectivity index is 1.27. The van der Waals surface area contributed by atoms with Gasteiger partial charge in [0, 0.05) is 31.9 Å². The van der Waals surface area contributed by atoms with Crippen molar-refractivity contribution in [1.29, 1.82) is 5.41 Å². The summed E-state index contributed by atoms with van der Waals surface area (Å²) in [4.78, 5) is 44.9. The molecule has 1 unspecified atom stereocenters. The van der Waals surface area contributed by atoms with E-state index in [-0.39, 0.29) is 31.5 Å². The number of guanidine groups is 1. The van der Waals surface area contributed by atoms with Crippen LogP contribution in [0, 0.1) is 5.41 Å². The summed E-state index contributed by atoms with van der Waals surface area (Å²) in [7, 11) is 0. The number of likely N-dealkylation sites (tertiary alicyclic amines) is 1. The highest BCUT2D eigenvalue weighted by atomic mass is 16.4. The monoisotopic (exact) mass is 585 g/mol. The number of para-hydroxylation sites is 1. The molecule has 1 spiro atoms. The topological polar surface area (TPSA) is 155 Å². The molecule has 11 nitrogen and oxygen atoms in total. The summed E-state index contributed by atoms with van der Waals surface area (Å²) in [6.45, 7) is 2.60. The Morgan fingerprint density at radius 3 is 2.42 bits per heavy atom. The van der Waals surface area contributed by atoms with Crippen molar-refractivity contribution in [3.8, 4) is 0 Å². The second-order valence-corrected chi connectivity index (χ2v) is 11.3. The Morgan fingerprint density at radius 2 is 1.70 bits per heavy atom. The average molecular weight is 586 g/mol. The highest BCUT2D eigenvalue weighted by Crippen LogP contribution is 2.40. The normalized spacial score (nSPS) is 17.3. The summed E-state index contributed by atoms with van der Waals surface area (Å²) in [6.07, 6.45) is 1.80. The molecule has 0 saturated carbocycles. The van der Waals surface area contributed by atoms with Crippen molar-refractivity contribution in [3.63, 3.8) is 0 Å². The maximum atomic E-state index is 14.1. The Hall–Kier alpha value is -4.64. The lowest BCUT2D eigenvalue weighted by atomic mass is 9.85. The zero-order valence-electron chi connectivity index (χ0n) is 24.2. The molecule has 0 aromatic heterocycles. The molecule has 0 radical (unpaired) electrons. The molecule has 2 aliphatic rings. The molecule has 3 aromatic carbocycles. The zero-order chi connectivity index (χ0) is 30.4. The van der Waals surface area contributed by atoms with Crippen molar-refractivity contribution in [2.24, 2.45) is 5.73 Å². The quantitative estimate of drug-likeness (QED) is 0.130. The number of fused-ring (bicyclic) bond motifs is 1. The van der Waals surface area contributed by atoms with Crippen LogP contribution < -0.4 is 21.3 Å². The standard InChI is InChI=1S/C32H39N7O4/c33-31(34)35-17-7-14-27(29(41)42)36-28(40)21-38-22-39(25-11-2-1-3-12-25)32(30(38)43)15-18-37(19-16-32)20-24-10-6-9-23-8-4-5-13-26(23)24/h1-6,8-13,27H,7,14-22H2,(H,36,40)(H,41,42)(H4,33,34,35). The van der Waals surface area contributed by atoms with Crippen molar-refractivity contribution in [1.82, 2.24) is 20.4 Å². The van der Waals surface area contributed by atoms with Gasteiger partial charge in [-0.1, -0.05) is 60.7 Å². The van der Waals surface area contributed by atoms with Crippen LogP contribution in [-0.2, 0) is 20.9 Å². The van der Waals surface area contributed by atoms with E-state index < -0.39 is 23.5 Å². The van der Waals surface area contributed by atoms with E-state index in [2.05, 4.69) is 56.8 Å². The number of nitrogens with one attached hydrogen (secondary N) is 3. The van der Waals surface area contributed by atoms with Gasteiger partial charge in [0.15, 0.2) is 5.96 Å². The van der Waals surface area contributed by atoms with Gasteiger partial charge in [0.1, 0.15) is 18.1 Å². The van der Waals surface area contributed by atoms with Crippen molar-refractivity contribution in [2.75, 3.05) is 37.7 Å². The number of aliphatic carboxylic acids is 1. The Kier molecular flexibility index (Phi) is 9.10. The molecule has 11 heteroatoms. The summed E-state index contributed by atoms with van der Waals surface area (Å²) >= 11 is 0. The number of carboxylic acid groups (broad SMARTS) is 1. The van der Waals surface area contributed by atoms with Gasteiger partial charge in [-0.3, -0.25) is 19.9 Å². The number of amides is 2. The van der Waals surface area contributed by atoms with E-state index in [1.807, 2.05) is 36.4 Å². The molecule has 3 aromatic rings. The molecule has 0 aliphatic carbocycles. The number of benzene rings is 3. The number of nitrogens with zero attached hydrogens (tertiary/aromatic N) is 3. The summed E-state index contributed by atoms with van der Waals surface area (Å²) in [5, 5.41) is 24.5. The largest absolute Gasteiger partial charge is 0.480 e. The molecule has 2 amide bonds. The number of hydrogen-bond acceptors (Lipinski definition) is 6. The van der Waals surface area contributed by atoms with Crippen LogP contribution in [0.3, 0.4) is 0 Å². The molecular formula is C32H39N7O4. The molecule has 1 atom stereocenters. The van der Waals surface area contributed by atoms with Gasteiger partial charge in [-0.25, -0.2) is 4.79 Å². The SMILES string of the molecule is N=C(N)NCCCC(NC(=O)CN1CN(c2ccccc2)C2(CCN(Cc3cccc4ccccc34)CC2)C1=O)C(=O)O. The van der Waals surface area contributed by atoms with Crippen LogP contribution in [0.1, 0.15) is 31.2 Å². The first kappa shape index (κ1) is 29.8. The molecule has 43 heavy (non-hydrogen) atoms. The summed E-state index contributed by atoms with van der Waals surface area (Å²) in [5.74, 6) is -1.96. The fraction of sp³-hybridized carbons (Fsp3) is 0.375. The van der Waals surface area contributed by atoms with E-state index in [0.29, 0.717) is 25.8 Å². The van der Waals surface area contributed by atoms with E-state index in [1.54, 1.807) is 4.90 Å². The van der Waals surface area contributed by atoms with E-state index >= 15 is 0 Å². The van der Waals surface area contributed by atoms with Crippen LogP contribution in [0.5, 0.6) is 0 Å². The highest BCUT2D eigenvalue weighted by molar-refractivity contribution is 5.96. The Morgan fingerprint density at radius 1 is 1.00 bits per heavy atom. The Labute approximate surface area is 251 Å². The first-order chi connectivity index (χ1) is 20.8. The van der Waals surface area contributed by atoms with E-state index in [4.69, 9.17) is 11.1 Å². The van der Waals surface area contributed by atoms with Crippen molar-refractivity contribution in [2.45, 2.75) is 43.8 Å². The molecule has 0 bridgehead atoms. The lowest BCUT2D eigenvalue weighted by Gasteiger charge is -2.43. The third-order valence-corrected chi connectivity index (χ3v) is 8.49. The van der Waals surface area contributed by atoms with Crippen molar-refractivity contribution < 1.29 is 19.5 Å². The minimum atomic E-state index is -1.15. The van der Waals surface area contributed by atoms with Gasteiger partial charge in [-0.15, -0.1) is 0 Å². The number of carbonyl (C=O) groups is 3. The number of nitrogens with two attached hydrogens (primary N) is 1. The predicted octanol–water partition coefficient (Wildman–Crippen LogP) is 2.31. The van der Waals surface area contributed by atoms with E-state index in [0.717, 1.165) is 25.3 Å². The first-order valence-electron chi connectivity index (χ1n) is 14.7. The maximum Gasteiger partial charge on any atom is 0.326 e. The smallest absolute Gasteiger partial charge is 0.326 e. The molecule has 5 rings (SSSR count). The fourth-order valence-electron chi connectivity index (χ4n) is 6.27. The van der Waals surface area contributed by atoms with Crippen LogP contribution in [-0.4, -0.2) is 83.1 Å². The number of rotatable bonds is 11. The lowest BCUT2D eigenvalue weighted by Crippen LogP contribution is -2.56. The van der Waals surface area contributed by atoms with Gasteiger partial charge in [0.05, 0.1) is 6.67 Å². The van der Waals surface area contributed by atoms with Gasteiger partial charge in [0.25, 0.3) is 0 Å². The third-order valence-electron chi connectivity index (χ3n) is 8.49. The highest BCUT2D eigenvalue weighted by Gasteiger charge is 2.54. The number of hydrogen-bond donors (Lipinski definition) is 5. The number of carbonyl (C=O) groups excluding carboxylic acids is 2. The van der Waals surface area contributed by atoms with Gasteiger partial charge in [-0.05, 0) is 54.2 Å². The minimum Gasteiger partial charge on any atom is -0.480 e. The van der Waals surface area contributed by atoms with Crippen LogP contribution in [0.4, 0.5) is 5.69 Å². The maximum absolute atomic E-state index is 14.1. The molecule has 2 heterocycles. The van der Waals surface area contributed by atoms with E-state index in [1.165, 1.54) is 16.3 Å². The van der Waals surface area contributed by atoms with Gasteiger partial charge in [-0.2, -0.15) is 0 Å². The molecule has 6 N–H and O–H groups in total. The van der Waals surface area contributed by atoms with E-state index in [9.17, 15) is 19.5 Å². The van der Waals surface area contributed by atoms with Gasteiger partial charge in [0.2, 0.25) is 11.8 Å².